The monoisotopic (exact) mass is 379 g/mol. The maximum absolute atomic E-state index is 11.4. The van der Waals surface area contributed by atoms with Gasteiger partial charge in [0.1, 0.15) is 0 Å². The lowest BCUT2D eigenvalue weighted by Crippen LogP contribution is -2.21. The topological polar surface area (TPSA) is 82.3 Å². The highest BCUT2D eigenvalue weighted by atomic mass is 16.4. The highest BCUT2D eigenvalue weighted by Gasteiger charge is 2.15. The van der Waals surface area contributed by atoms with Gasteiger partial charge in [0, 0.05) is 35.4 Å². The van der Waals surface area contributed by atoms with Crippen LogP contribution in [0.5, 0.6) is 0 Å². The van der Waals surface area contributed by atoms with Crippen LogP contribution in [-0.2, 0) is 6.42 Å². The van der Waals surface area contributed by atoms with E-state index in [-0.39, 0.29) is 0 Å². The Balaban J connectivity index is 2.05. The van der Waals surface area contributed by atoms with Crippen LogP contribution >= 0.6 is 0 Å². The number of aromatic nitrogens is 1. The molecule has 1 heterocycles. The third-order valence-corrected chi connectivity index (χ3v) is 5.32. The van der Waals surface area contributed by atoms with Crippen molar-refractivity contribution in [3.63, 3.8) is 0 Å². The molecule has 0 saturated carbocycles. The van der Waals surface area contributed by atoms with Gasteiger partial charge >= 0.3 is 5.97 Å². The van der Waals surface area contributed by atoms with Crippen molar-refractivity contribution in [2.45, 2.75) is 33.1 Å². The molecule has 4 N–H and O–H groups in total. The number of aryl methyl sites for hydroxylation is 1. The molecule has 0 unspecified atom stereocenters. The zero-order chi connectivity index (χ0) is 20.1. The van der Waals surface area contributed by atoms with Crippen molar-refractivity contribution in [1.29, 1.82) is 0 Å². The zero-order valence-electron chi connectivity index (χ0n) is 16.7. The fourth-order valence-corrected chi connectivity index (χ4v) is 3.76. The summed E-state index contributed by atoms with van der Waals surface area (Å²) in [7, 11) is 0. The summed E-state index contributed by atoms with van der Waals surface area (Å²) in [6.07, 6.45) is 2.80. The van der Waals surface area contributed by atoms with Crippen LogP contribution in [0.2, 0.25) is 0 Å². The second kappa shape index (κ2) is 8.93. The SMILES string of the molecule is CCN(CC)c1ccc(-c2[nH]c3ccc(C(=O)O)cc3c2CCCCN)cc1. The van der Waals surface area contributed by atoms with E-state index >= 15 is 0 Å². The molecule has 5 nitrogen and oxygen atoms in total. The first-order valence-corrected chi connectivity index (χ1v) is 10.0. The minimum Gasteiger partial charge on any atom is -0.478 e. The first kappa shape index (κ1) is 20.0. The van der Waals surface area contributed by atoms with Gasteiger partial charge in [0.15, 0.2) is 0 Å². The van der Waals surface area contributed by atoms with Crippen LogP contribution in [-0.4, -0.2) is 35.7 Å². The predicted molar refractivity (Wildman–Crippen MR) is 116 cm³/mol. The van der Waals surface area contributed by atoms with Gasteiger partial charge in [-0.1, -0.05) is 12.1 Å². The number of hydrogen-bond donors (Lipinski definition) is 3. The molecule has 0 radical (unpaired) electrons. The van der Waals surface area contributed by atoms with Gasteiger partial charge in [-0.25, -0.2) is 4.79 Å². The van der Waals surface area contributed by atoms with Gasteiger partial charge in [0.25, 0.3) is 0 Å². The number of benzene rings is 2. The van der Waals surface area contributed by atoms with Gasteiger partial charge in [0.2, 0.25) is 0 Å². The number of fused-ring (bicyclic) bond motifs is 1. The molecule has 1 aromatic heterocycles. The number of aromatic amines is 1. The van der Waals surface area contributed by atoms with Gasteiger partial charge in [0.05, 0.1) is 5.56 Å². The Bertz CT molecular complexity index is 940. The Labute approximate surface area is 166 Å². The highest BCUT2D eigenvalue weighted by Crippen LogP contribution is 2.33. The lowest BCUT2D eigenvalue weighted by Gasteiger charge is -2.21. The average Bonchev–Trinajstić information content (AvgIpc) is 3.07. The molecule has 0 spiro atoms. The molecule has 5 heteroatoms. The summed E-state index contributed by atoms with van der Waals surface area (Å²) < 4.78 is 0. The minimum absolute atomic E-state index is 0.315. The molecule has 0 fully saturated rings. The molecule has 0 amide bonds. The summed E-state index contributed by atoms with van der Waals surface area (Å²) in [5, 5.41) is 10.4. The summed E-state index contributed by atoms with van der Waals surface area (Å²) in [6, 6.07) is 13.9. The Hall–Kier alpha value is -2.79. The third kappa shape index (κ3) is 4.04. The molecule has 3 aromatic rings. The van der Waals surface area contributed by atoms with Crippen LogP contribution in [0, 0.1) is 0 Å². The van der Waals surface area contributed by atoms with Gasteiger partial charge in [-0.2, -0.15) is 0 Å². The number of hydrogen-bond acceptors (Lipinski definition) is 3. The number of rotatable bonds is 9. The Kier molecular flexibility index (Phi) is 6.37. The number of carboxylic acids is 1. The molecule has 0 aliphatic rings. The Morgan fingerprint density at radius 1 is 1.07 bits per heavy atom. The summed E-state index contributed by atoms with van der Waals surface area (Å²) in [5.41, 5.74) is 11.5. The minimum atomic E-state index is -0.902. The predicted octanol–water partition coefficient (Wildman–Crippen LogP) is 4.66. The summed E-state index contributed by atoms with van der Waals surface area (Å²) in [4.78, 5) is 17.2. The number of H-pyrrole nitrogens is 1. The number of nitrogens with two attached hydrogens (primary N) is 1. The number of nitrogens with zero attached hydrogens (tertiary/aromatic N) is 1. The van der Waals surface area contributed by atoms with Gasteiger partial charge in [-0.15, -0.1) is 0 Å². The van der Waals surface area contributed by atoms with Crippen molar-refractivity contribution < 1.29 is 9.90 Å². The number of nitrogens with one attached hydrogen (secondary N) is 1. The molecule has 28 heavy (non-hydrogen) atoms. The van der Waals surface area contributed by atoms with E-state index in [0.29, 0.717) is 12.1 Å². The molecule has 148 valence electrons. The molecule has 2 aromatic carbocycles. The van der Waals surface area contributed by atoms with E-state index in [1.807, 2.05) is 6.07 Å². The Morgan fingerprint density at radius 2 is 1.79 bits per heavy atom. The fraction of sp³-hybridized carbons (Fsp3) is 0.348. The first-order valence-electron chi connectivity index (χ1n) is 10.0. The van der Waals surface area contributed by atoms with E-state index in [4.69, 9.17) is 5.73 Å². The molecule has 0 bridgehead atoms. The normalized spacial score (nSPS) is 11.1. The quantitative estimate of drug-likeness (QED) is 0.472. The average molecular weight is 380 g/mol. The number of carbonyl (C=O) groups is 1. The van der Waals surface area contributed by atoms with Crippen molar-refractivity contribution in [1.82, 2.24) is 4.98 Å². The van der Waals surface area contributed by atoms with Gasteiger partial charge in [-0.3, -0.25) is 0 Å². The molecular weight excluding hydrogens is 350 g/mol. The maximum atomic E-state index is 11.4. The van der Waals surface area contributed by atoms with Crippen LogP contribution in [0.15, 0.2) is 42.5 Å². The maximum Gasteiger partial charge on any atom is 0.335 e. The lowest BCUT2D eigenvalue weighted by molar-refractivity contribution is 0.0697. The zero-order valence-corrected chi connectivity index (χ0v) is 16.7. The van der Waals surface area contributed by atoms with Crippen LogP contribution in [0.1, 0.15) is 42.6 Å². The van der Waals surface area contributed by atoms with Crippen LogP contribution in [0.25, 0.3) is 22.2 Å². The molecule has 0 saturated heterocycles. The van der Waals surface area contributed by atoms with E-state index in [9.17, 15) is 9.90 Å². The van der Waals surface area contributed by atoms with Crippen LogP contribution in [0.4, 0.5) is 5.69 Å². The van der Waals surface area contributed by atoms with Crippen molar-refractivity contribution in [2.24, 2.45) is 5.73 Å². The van der Waals surface area contributed by atoms with E-state index < -0.39 is 5.97 Å². The smallest absolute Gasteiger partial charge is 0.335 e. The highest BCUT2D eigenvalue weighted by molar-refractivity contribution is 5.97. The van der Waals surface area contributed by atoms with Crippen molar-refractivity contribution in [3.05, 3.63) is 53.6 Å². The van der Waals surface area contributed by atoms with E-state index in [1.165, 1.54) is 11.3 Å². The standard InChI is InChI=1S/C23H29N3O2/c1-3-26(4-2)18-11-8-16(9-12-18)22-19(7-5-6-14-24)20-15-17(23(27)28)10-13-21(20)25-22/h8-13,15,25H,3-7,14,24H2,1-2H3,(H,27,28). The molecule has 0 aliphatic carbocycles. The second-order valence-electron chi connectivity index (χ2n) is 7.01. The first-order chi connectivity index (χ1) is 13.6. The third-order valence-electron chi connectivity index (χ3n) is 5.32. The summed E-state index contributed by atoms with van der Waals surface area (Å²) in [6.45, 7) is 6.93. The van der Waals surface area contributed by atoms with E-state index in [2.05, 4.69) is 48.0 Å². The van der Waals surface area contributed by atoms with Crippen LogP contribution < -0.4 is 10.6 Å². The van der Waals surface area contributed by atoms with Gasteiger partial charge < -0.3 is 20.7 Å². The number of unbranched alkanes of at least 4 members (excludes halogenated alkanes) is 1. The summed E-state index contributed by atoms with van der Waals surface area (Å²) >= 11 is 0. The summed E-state index contributed by atoms with van der Waals surface area (Å²) in [5.74, 6) is -0.902. The van der Waals surface area contributed by atoms with Crippen LogP contribution in [0.3, 0.4) is 0 Å². The number of aromatic carboxylic acids is 1. The largest absolute Gasteiger partial charge is 0.478 e. The van der Waals surface area contributed by atoms with E-state index in [1.54, 1.807) is 12.1 Å². The molecule has 0 atom stereocenters. The molecule has 3 rings (SSSR count). The fourth-order valence-electron chi connectivity index (χ4n) is 3.76. The number of anilines is 1. The molecule has 0 aliphatic heterocycles. The van der Waals surface area contributed by atoms with Crippen molar-refractivity contribution in [2.75, 3.05) is 24.5 Å². The van der Waals surface area contributed by atoms with Crippen molar-refractivity contribution >= 4 is 22.6 Å². The van der Waals surface area contributed by atoms with E-state index in [0.717, 1.165) is 54.5 Å². The number of carboxylic acid groups (broad SMARTS) is 1. The molecular formula is C23H29N3O2. The Morgan fingerprint density at radius 3 is 2.39 bits per heavy atom. The van der Waals surface area contributed by atoms with Gasteiger partial charge in [-0.05, 0) is 81.1 Å². The second-order valence-corrected chi connectivity index (χ2v) is 7.01. The lowest BCUT2D eigenvalue weighted by atomic mass is 9.99. The van der Waals surface area contributed by atoms with Crippen molar-refractivity contribution in [3.8, 4) is 11.3 Å².